The van der Waals surface area contributed by atoms with Crippen molar-refractivity contribution >= 4 is 17.3 Å². The Hall–Kier alpha value is -1.10. The number of rotatable bonds is 2. The summed E-state index contributed by atoms with van der Waals surface area (Å²) in [5.41, 5.74) is 12.7. The van der Waals surface area contributed by atoms with Crippen LogP contribution in [0, 0.1) is 6.54 Å². The van der Waals surface area contributed by atoms with Crippen molar-refractivity contribution in [3.05, 3.63) is 23.1 Å². The van der Waals surface area contributed by atoms with Crippen LogP contribution in [0.15, 0.2) is 15.9 Å². The number of guanidine groups is 1. The van der Waals surface area contributed by atoms with E-state index in [1.807, 2.05) is 5.38 Å². The Morgan fingerprint density at radius 2 is 2.50 bits per heavy atom. The Kier molecular flexibility index (Phi) is 2.22. The quantitative estimate of drug-likeness (QED) is 0.463. The van der Waals surface area contributed by atoms with Gasteiger partial charge in [0, 0.05) is 5.38 Å². The van der Waals surface area contributed by atoms with Crippen molar-refractivity contribution < 1.29 is 0 Å². The standard InChI is InChI=1S/C5H7N4S/c6-5(7)8-1-4-2-10-3-9-4/h1-3H,(H4,6,7,8). The Balaban J connectivity index is 2.49. The van der Waals surface area contributed by atoms with Gasteiger partial charge in [-0.15, -0.1) is 11.3 Å². The third kappa shape index (κ3) is 2.02. The number of aromatic nitrogens is 1. The van der Waals surface area contributed by atoms with Crippen molar-refractivity contribution in [3.8, 4) is 0 Å². The van der Waals surface area contributed by atoms with Gasteiger partial charge in [0.25, 0.3) is 0 Å². The summed E-state index contributed by atoms with van der Waals surface area (Å²) < 4.78 is 0. The molecule has 1 heterocycles. The zero-order valence-electron chi connectivity index (χ0n) is 5.19. The molecule has 0 spiro atoms. The van der Waals surface area contributed by atoms with Crippen LogP contribution < -0.4 is 11.5 Å². The highest BCUT2D eigenvalue weighted by Crippen LogP contribution is 2.02. The summed E-state index contributed by atoms with van der Waals surface area (Å²) in [4.78, 5) is 7.59. The first-order chi connectivity index (χ1) is 4.79. The zero-order chi connectivity index (χ0) is 7.40. The van der Waals surface area contributed by atoms with Crippen LogP contribution >= 0.6 is 11.3 Å². The molecule has 0 saturated heterocycles. The molecule has 0 aliphatic rings. The summed E-state index contributed by atoms with van der Waals surface area (Å²) in [5, 5.41) is 1.85. The molecule has 1 aromatic heterocycles. The number of hydrogen-bond donors (Lipinski definition) is 2. The average Bonchev–Trinajstić information content (AvgIpc) is 2.34. The Morgan fingerprint density at radius 1 is 1.70 bits per heavy atom. The molecule has 1 rings (SSSR count). The summed E-state index contributed by atoms with van der Waals surface area (Å²) >= 11 is 1.50. The van der Waals surface area contributed by atoms with Crippen LogP contribution in [-0.4, -0.2) is 10.9 Å². The van der Waals surface area contributed by atoms with Crippen molar-refractivity contribution in [3.63, 3.8) is 0 Å². The van der Waals surface area contributed by atoms with Gasteiger partial charge in [0.1, 0.15) is 6.54 Å². The van der Waals surface area contributed by atoms with Gasteiger partial charge in [0.05, 0.1) is 11.2 Å². The van der Waals surface area contributed by atoms with Gasteiger partial charge in [-0.05, 0) is 0 Å². The van der Waals surface area contributed by atoms with Gasteiger partial charge in [-0.1, -0.05) is 0 Å². The number of nitrogens with zero attached hydrogens (tertiary/aromatic N) is 2. The van der Waals surface area contributed by atoms with E-state index in [-0.39, 0.29) is 5.96 Å². The maximum absolute atomic E-state index is 5.08. The van der Waals surface area contributed by atoms with Crippen LogP contribution in [0.5, 0.6) is 0 Å². The minimum absolute atomic E-state index is 0.0491. The second-order valence-electron chi connectivity index (χ2n) is 1.60. The molecule has 5 heteroatoms. The smallest absolute Gasteiger partial charge is 0.186 e. The molecule has 0 aliphatic heterocycles. The second-order valence-corrected chi connectivity index (χ2v) is 2.32. The maximum atomic E-state index is 5.08. The zero-order valence-corrected chi connectivity index (χ0v) is 6.01. The minimum atomic E-state index is 0.0491. The summed E-state index contributed by atoms with van der Waals surface area (Å²) in [6.45, 7) is 1.52. The molecule has 1 aromatic rings. The summed E-state index contributed by atoms with van der Waals surface area (Å²) in [7, 11) is 0. The number of hydrogen-bond acceptors (Lipinski definition) is 3. The van der Waals surface area contributed by atoms with E-state index in [0.29, 0.717) is 0 Å². The molecule has 53 valence electrons. The van der Waals surface area contributed by atoms with Crippen LogP contribution in [0.4, 0.5) is 0 Å². The fourth-order valence-electron chi connectivity index (χ4n) is 0.426. The molecule has 0 amide bonds. The van der Waals surface area contributed by atoms with E-state index in [2.05, 4.69) is 9.98 Å². The van der Waals surface area contributed by atoms with E-state index in [1.165, 1.54) is 17.9 Å². The summed E-state index contributed by atoms with van der Waals surface area (Å²) in [5.74, 6) is 0.0491. The molecule has 1 radical (unpaired) electrons. The van der Waals surface area contributed by atoms with Gasteiger partial charge in [-0.25, -0.2) is 9.98 Å². The van der Waals surface area contributed by atoms with Crippen molar-refractivity contribution in [2.24, 2.45) is 16.5 Å². The van der Waals surface area contributed by atoms with Gasteiger partial charge in [-0.3, -0.25) is 0 Å². The van der Waals surface area contributed by atoms with Crippen molar-refractivity contribution in [1.82, 2.24) is 4.98 Å². The van der Waals surface area contributed by atoms with Gasteiger partial charge in [0.15, 0.2) is 5.96 Å². The first kappa shape index (κ1) is 7.01. The molecule has 4 N–H and O–H groups in total. The number of nitrogens with two attached hydrogens (primary N) is 2. The van der Waals surface area contributed by atoms with Crippen LogP contribution in [0.1, 0.15) is 5.69 Å². The third-order valence-electron chi connectivity index (χ3n) is 0.797. The lowest BCUT2D eigenvalue weighted by Gasteiger charge is -1.87. The highest BCUT2D eigenvalue weighted by molar-refractivity contribution is 7.07. The van der Waals surface area contributed by atoms with E-state index in [1.54, 1.807) is 5.51 Å². The Morgan fingerprint density at radius 3 is 3.00 bits per heavy atom. The lowest BCUT2D eigenvalue weighted by molar-refractivity contribution is 1.21. The molecule has 0 bridgehead atoms. The van der Waals surface area contributed by atoms with E-state index in [4.69, 9.17) is 11.5 Å². The van der Waals surface area contributed by atoms with E-state index < -0.39 is 0 Å². The molecule has 0 fully saturated rings. The Bertz CT molecular complexity index is 212. The summed E-state index contributed by atoms with van der Waals surface area (Å²) in [6, 6.07) is 0. The highest BCUT2D eigenvalue weighted by atomic mass is 32.1. The van der Waals surface area contributed by atoms with E-state index in [0.717, 1.165) is 5.69 Å². The monoisotopic (exact) mass is 155 g/mol. The molecular weight excluding hydrogens is 148 g/mol. The number of aliphatic imine (C=N–C) groups is 1. The molecule has 0 saturated carbocycles. The lowest BCUT2D eigenvalue weighted by atomic mass is 10.5. The van der Waals surface area contributed by atoms with Crippen LogP contribution in [-0.2, 0) is 0 Å². The van der Waals surface area contributed by atoms with E-state index in [9.17, 15) is 0 Å². The third-order valence-corrected chi connectivity index (χ3v) is 1.40. The molecular formula is C5H7N4S. The second kappa shape index (κ2) is 3.17. The highest BCUT2D eigenvalue weighted by Gasteiger charge is 1.91. The molecule has 4 nitrogen and oxygen atoms in total. The van der Waals surface area contributed by atoms with Gasteiger partial charge < -0.3 is 11.5 Å². The molecule has 0 aliphatic carbocycles. The van der Waals surface area contributed by atoms with Crippen molar-refractivity contribution in [1.29, 1.82) is 0 Å². The fraction of sp³-hybridized carbons (Fsp3) is 0. The van der Waals surface area contributed by atoms with Gasteiger partial charge in [-0.2, -0.15) is 0 Å². The fourth-order valence-corrected chi connectivity index (χ4v) is 0.931. The predicted molar refractivity (Wildman–Crippen MR) is 41.3 cm³/mol. The van der Waals surface area contributed by atoms with Crippen molar-refractivity contribution in [2.75, 3.05) is 0 Å². The maximum Gasteiger partial charge on any atom is 0.186 e. The summed E-state index contributed by atoms with van der Waals surface area (Å²) in [6.07, 6.45) is 0. The van der Waals surface area contributed by atoms with Crippen LogP contribution in [0.3, 0.4) is 0 Å². The largest absolute Gasteiger partial charge is 0.370 e. The molecule has 0 atom stereocenters. The van der Waals surface area contributed by atoms with Crippen molar-refractivity contribution in [2.45, 2.75) is 0 Å². The normalized spacial score (nSPS) is 9.20. The SMILES string of the molecule is NC(N)=N[CH]c1cscn1. The molecule has 10 heavy (non-hydrogen) atoms. The lowest BCUT2D eigenvalue weighted by Crippen LogP contribution is -2.22. The molecule has 0 aromatic carbocycles. The first-order valence-corrected chi connectivity index (χ1v) is 3.53. The minimum Gasteiger partial charge on any atom is -0.370 e. The molecule has 0 unspecified atom stereocenters. The van der Waals surface area contributed by atoms with E-state index >= 15 is 0 Å². The van der Waals surface area contributed by atoms with Crippen LogP contribution in [0.25, 0.3) is 0 Å². The first-order valence-electron chi connectivity index (χ1n) is 2.59. The number of thiazole rings is 1. The Labute approximate surface area is 62.6 Å². The topological polar surface area (TPSA) is 77.3 Å². The van der Waals surface area contributed by atoms with Crippen LogP contribution in [0.2, 0.25) is 0 Å². The average molecular weight is 155 g/mol. The predicted octanol–water partition coefficient (Wildman–Crippen LogP) is -0.0736. The van der Waals surface area contributed by atoms with Gasteiger partial charge in [0.2, 0.25) is 0 Å². The van der Waals surface area contributed by atoms with Gasteiger partial charge >= 0.3 is 0 Å².